The van der Waals surface area contributed by atoms with Crippen LogP contribution in [0.1, 0.15) is 25.1 Å². The molecule has 2 aromatic rings. The van der Waals surface area contributed by atoms with E-state index in [2.05, 4.69) is 15.4 Å². The molecule has 5 heteroatoms. The first-order valence-corrected chi connectivity index (χ1v) is 5.66. The van der Waals surface area contributed by atoms with E-state index >= 15 is 0 Å². The maximum atomic E-state index is 5.82. The third kappa shape index (κ3) is 1.63. The molecule has 3 rings (SSSR count). The van der Waals surface area contributed by atoms with Crippen LogP contribution >= 0.6 is 0 Å². The topological polar surface area (TPSA) is 68.2 Å². The van der Waals surface area contributed by atoms with Gasteiger partial charge in [0.1, 0.15) is 0 Å². The highest BCUT2D eigenvalue weighted by Crippen LogP contribution is 2.18. The van der Waals surface area contributed by atoms with Crippen molar-refractivity contribution >= 4 is 11.3 Å². The summed E-state index contributed by atoms with van der Waals surface area (Å²) in [6.07, 6.45) is 5.75. The van der Waals surface area contributed by atoms with Crippen LogP contribution in [0.25, 0.3) is 5.65 Å². The van der Waals surface area contributed by atoms with Crippen LogP contribution in [0.2, 0.25) is 0 Å². The molecule has 5 nitrogen and oxygen atoms in total. The van der Waals surface area contributed by atoms with Crippen LogP contribution in [0.4, 0.5) is 5.69 Å². The number of aromatic nitrogens is 3. The normalized spacial score (nSPS) is 16.5. The summed E-state index contributed by atoms with van der Waals surface area (Å²) < 4.78 is 1.73. The lowest BCUT2D eigenvalue weighted by Crippen LogP contribution is -2.34. The Morgan fingerprint density at radius 2 is 2.38 bits per heavy atom. The second-order valence-corrected chi connectivity index (χ2v) is 4.27. The first kappa shape index (κ1) is 9.59. The molecule has 2 aromatic heterocycles. The van der Waals surface area contributed by atoms with E-state index in [1.165, 1.54) is 19.3 Å². The predicted molar refractivity (Wildman–Crippen MR) is 61.9 cm³/mol. The fraction of sp³-hybridized carbons (Fsp3) is 0.455. The van der Waals surface area contributed by atoms with Gasteiger partial charge >= 0.3 is 0 Å². The van der Waals surface area contributed by atoms with Gasteiger partial charge in [-0.2, -0.15) is 0 Å². The summed E-state index contributed by atoms with van der Waals surface area (Å²) >= 11 is 0. The van der Waals surface area contributed by atoms with Crippen molar-refractivity contribution in [3.8, 4) is 0 Å². The summed E-state index contributed by atoms with van der Waals surface area (Å²) in [6, 6.07) is 4.37. The summed E-state index contributed by atoms with van der Waals surface area (Å²) in [5.41, 5.74) is 7.23. The van der Waals surface area contributed by atoms with Gasteiger partial charge in [-0.15, -0.1) is 5.10 Å². The van der Waals surface area contributed by atoms with E-state index in [1.54, 1.807) is 4.52 Å². The third-order valence-corrected chi connectivity index (χ3v) is 3.09. The highest BCUT2D eigenvalue weighted by atomic mass is 15.3. The van der Waals surface area contributed by atoms with Crippen molar-refractivity contribution in [2.24, 2.45) is 0 Å². The average Bonchev–Trinajstić information content (AvgIpc) is 2.60. The van der Waals surface area contributed by atoms with Gasteiger partial charge in [0.2, 0.25) is 0 Å². The molecule has 0 saturated heterocycles. The van der Waals surface area contributed by atoms with E-state index in [9.17, 15) is 0 Å². The van der Waals surface area contributed by atoms with Crippen molar-refractivity contribution in [1.82, 2.24) is 19.9 Å². The number of anilines is 1. The Kier molecular flexibility index (Phi) is 2.25. The minimum atomic E-state index is 0.656. The second-order valence-electron chi connectivity index (χ2n) is 4.27. The summed E-state index contributed by atoms with van der Waals surface area (Å²) in [5, 5.41) is 7.80. The van der Waals surface area contributed by atoms with E-state index in [0.29, 0.717) is 11.7 Å². The van der Waals surface area contributed by atoms with E-state index in [-0.39, 0.29) is 0 Å². The van der Waals surface area contributed by atoms with E-state index < -0.39 is 0 Å². The number of nitrogens with two attached hydrogens (primary N) is 1. The van der Waals surface area contributed by atoms with Crippen LogP contribution in [-0.4, -0.2) is 20.6 Å². The quantitative estimate of drug-likeness (QED) is 0.803. The number of pyridine rings is 1. The van der Waals surface area contributed by atoms with Gasteiger partial charge in [-0.3, -0.25) is 0 Å². The van der Waals surface area contributed by atoms with Crippen LogP contribution in [0, 0.1) is 0 Å². The van der Waals surface area contributed by atoms with Crippen LogP contribution in [0.3, 0.4) is 0 Å². The van der Waals surface area contributed by atoms with Gasteiger partial charge in [-0.1, -0.05) is 6.42 Å². The minimum Gasteiger partial charge on any atom is -0.396 e. The Labute approximate surface area is 93.7 Å². The molecule has 0 aliphatic heterocycles. The maximum Gasteiger partial charge on any atom is 0.178 e. The number of hydrogen-bond acceptors (Lipinski definition) is 4. The van der Waals surface area contributed by atoms with Crippen LogP contribution in [0.15, 0.2) is 18.3 Å². The molecule has 0 aromatic carbocycles. The van der Waals surface area contributed by atoms with E-state index in [1.807, 2.05) is 18.3 Å². The van der Waals surface area contributed by atoms with Crippen molar-refractivity contribution in [2.45, 2.75) is 31.8 Å². The number of nitrogen functional groups attached to an aromatic ring is 1. The molecule has 2 heterocycles. The fourth-order valence-electron chi connectivity index (χ4n) is 1.89. The maximum absolute atomic E-state index is 5.82. The molecule has 0 bridgehead atoms. The van der Waals surface area contributed by atoms with Crippen LogP contribution < -0.4 is 11.1 Å². The minimum absolute atomic E-state index is 0.656. The van der Waals surface area contributed by atoms with E-state index in [0.717, 1.165) is 18.0 Å². The Hall–Kier alpha value is -1.62. The molecule has 84 valence electrons. The second kappa shape index (κ2) is 3.75. The molecular formula is C11H15N5. The molecule has 1 saturated carbocycles. The van der Waals surface area contributed by atoms with Crippen LogP contribution in [-0.2, 0) is 6.54 Å². The Morgan fingerprint density at radius 3 is 3.06 bits per heavy atom. The van der Waals surface area contributed by atoms with Gasteiger partial charge in [-0.25, -0.2) is 9.50 Å². The van der Waals surface area contributed by atoms with Gasteiger partial charge in [0.05, 0.1) is 12.2 Å². The number of rotatable bonds is 3. The lowest BCUT2D eigenvalue weighted by molar-refractivity contribution is 0.335. The largest absolute Gasteiger partial charge is 0.396 e. The molecular weight excluding hydrogens is 202 g/mol. The Morgan fingerprint density at radius 1 is 1.50 bits per heavy atom. The molecule has 1 aliphatic carbocycles. The summed E-state index contributed by atoms with van der Waals surface area (Å²) in [7, 11) is 0. The van der Waals surface area contributed by atoms with Crippen molar-refractivity contribution in [3.05, 3.63) is 24.2 Å². The fourth-order valence-corrected chi connectivity index (χ4v) is 1.89. The first-order valence-electron chi connectivity index (χ1n) is 5.66. The predicted octanol–water partition coefficient (Wildman–Crippen LogP) is 0.954. The third-order valence-electron chi connectivity index (χ3n) is 3.09. The lowest BCUT2D eigenvalue weighted by Gasteiger charge is -2.25. The highest BCUT2D eigenvalue weighted by Gasteiger charge is 2.17. The molecule has 16 heavy (non-hydrogen) atoms. The van der Waals surface area contributed by atoms with Crippen molar-refractivity contribution in [3.63, 3.8) is 0 Å². The molecule has 3 N–H and O–H groups in total. The van der Waals surface area contributed by atoms with Gasteiger partial charge < -0.3 is 11.1 Å². The van der Waals surface area contributed by atoms with Gasteiger partial charge in [0.25, 0.3) is 0 Å². The summed E-state index contributed by atoms with van der Waals surface area (Å²) in [5.74, 6) is 0.810. The van der Waals surface area contributed by atoms with Gasteiger partial charge in [0.15, 0.2) is 11.5 Å². The summed E-state index contributed by atoms with van der Waals surface area (Å²) in [4.78, 5) is 4.41. The van der Waals surface area contributed by atoms with Gasteiger partial charge in [-0.05, 0) is 25.0 Å². The SMILES string of the molecule is Nc1cccn2nc(CNC3CCC3)nc12. The zero-order valence-electron chi connectivity index (χ0n) is 9.06. The van der Waals surface area contributed by atoms with Crippen molar-refractivity contribution in [1.29, 1.82) is 0 Å². The molecule has 1 fully saturated rings. The molecule has 0 radical (unpaired) electrons. The zero-order chi connectivity index (χ0) is 11.0. The first-order chi connectivity index (χ1) is 7.83. The lowest BCUT2D eigenvalue weighted by atomic mass is 9.93. The number of fused-ring (bicyclic) bond motifs is 1. The molecule has 1 aliphatic rings. The average molecular weight is 217 g/mol. The Bertz CT molecular complexity index is 500. The Balaban J connectivity index is 1.79. The highest BCUT2D eigenvalue weighted by molar-refractivity contribution is 5.63. The number of nitrogens with zero attached hydrogens (tertiary/aromatic N) is 3. The van der Waals surface area contributed by atoms with Crippen molar-refractivity contribution in [2.75, 3.05) is 5.73 Å². The van der Waals surface area contributed by atoms with Crippen molar-refractivity contribution < 1.29 is 0 Å². The summed E-state index contributed by atoms with van der Waals surface area (Å²) in [6.45, 7) is 0.728. The van der Waals surface area contributed by atoms with E-state index in [4.69, 9.17) is 5.73 Å². The van der Waals surface area contributed by atoms with Crippen LogP contribution in [0.5, 0.6) is 0 Å². The number of hydrogen-bond donors (Lipinski definition) is 2. The standard InChI is InChI=1S/C11H15N5/c12-9-5-2-6-16-11(9)14-10(15-16)7-13-8-3-1-4-8/h2,5-6,8,13H,1,3-4,7,12H2. The molecule has 0 spiro atoms. The molecule has 0 unspecified atom stereocenters. The monoisotopic (exact) mass is 217 g/mol. The smallest absolute Gasteiger partial charge is 0.178 e. The molecule has 0 amide bonds. The number of nitrogens with one attached hydrogen (secondary N) is 1. The zero-order valence-corrected chi connectivity index (χ0v) is 9.06. The molecule has 0 atom stereocenters. The van der Waals surface area contributed by atoms with Gasteiger partial charge in [0, 0.05) is 12.2 Å².